The van der Waals surface area contributed by atoms with Gasteiger partial charge >= 0.3 is 6.18 Å². The number of anilines is 2. The standard InChI is InChI=1S/C29H30F4N8/c1-16-10-19(11-21-24(16)35-13-18(12-34)25(21)36-15-27(3,4)5)38-26(20-6-7-23(30)37-17(20)2)22-14-41(40-39-22)28(8-9-28)29(31,32)33/h6-7,10-11,13-14,26,38H,8-9,15H2,1-5H3,(H,35,36). The fourth-order valence-electron chi connectivity index (χ4n) is 4.90. The van der Waals surface area contributed by atoms with Crippen LogP contribution in [0.2, 0.25) is 0 Å². The zero-order valence-corrected chi connectivity index (χ0v) is 23.4. The summed E-state index contributed by atoms with van der Waals surface area (Å²) >= 11 is 0. The molecular weight excluding hydrogens is 536 g/mol. The van der Waals surface area contributed by atoms with Gasteiger partial charge < -0.3 is 10.6 Å². The normalized spacial score (nSPS) is 15.4. The molecule has 41 heavy (non-hydrogen) atoms. The highest BCUT2D eigenvalue weighted by atomic mass is 19.4. The van der Waals surface area contributed by atoms with E-state index in [1.54, 1.807) is 6.92 Å². The predicted molar refractivity (Wildman–Crippen MR) is 147 cm³/mol. The highest BCUT2D eigenvalue weighted by molar-refractivity contribution is 5.97. The van der Waals surface area contributed by atoms with E-state index < -0.39 is 23.7 Å². The second kappa shape index (κ2) is 9.98. The van der Waals surface area contributed by atoms with E-state index in [4.69, 9.17) is 0 Å². The summed E-state index contributed by atoms with van der Waals surface area (Å²) in [5, 5.41) is 25.2. The third-order valence-corrected chi connectivity index (χ3v) is 7.29. The van der Waals surface area contributed by atoms with Crippen molar-refractivity contribution < 1.29 is 17.6 Å². The molecule has 1 aliphatic carbocycles. The van der Waals surface area contributed by atoms with Crippen molar-refractivity contribution in [2.75, 3.05) is 17.2 Å². The Morgan fingerprint density at radius 2 is 1.88 bits per heavy atom. The minimum Gasteiger partial charge on any atom is -0.383 e. The Morgan fingerprint density at radius 3 is 2.49 bits per heavy atom. The van der Waals surface area contributed by atoms with Gasteiger partial charge in [-0.05, 0) is 55.9 Å². The van der Waals surface area contributed by atoms with Crippen LogP contribution in [0, 0.1) is 36.5 Å². The Bertz CT molecular complexity index is 1660. The molecular formula is C29H30F4N8. The van der Waals surface area contributed by atoms with E-state index in [0.717, 1.165) is 10.2 Å². The van der Waals surface area contributed by atoms with Crippen molar-refractivity contribution in [2.24, 2.45) is 5.41 Å². The maximum absolute atomic E-state index is 13.9. The fraction of sp³-hybridized carbons (Fsp3) is 0.414. The third kappa shape index (κ3) is 5.40. The molecule has 0 aliphatic heterocycles. The highest BCUT2D eigenvalue weighted by Gasteiger charge is 2.66. The van der Waals surface area contributed by atoms with Crippen LogP contribution in [0.3, 0.4) is 0 Å². The van der Waals surface area contributed by atoms with Gasteiger partial charge in [0.1, 0.15) is 11.8 Å². The molecule has 1 aromatic carbocycles. The van der Waals surface area contributed by atoms with E-state index in [2.05, 4.69) is 57.8 Å². The summed E-state index contributed by atoms with van der Waals surface area (Å²) in [7, 11) is 0. The molecule has 5 rings (SSSR count). The van der Waals surface area contributed by atoms with Gasteiger partial charge in [0.25, 0.3) is 0 Å². The summed E-state index contributed by atoms with van der Waals surface area (Å²) in [6, 6.07) is 7.83. The first kappa shape index (κ1) is 28.3. The number of aromatic nitrogens is 5. The van der Waals surface area contributed by atoms with Crippen molar-refractivity contribution in [2.45, 2.75) is 65.2 Å². The fourth-order valence-corrected chi connectivity index (χ4v) is 4.90. The molecule has 2 N–H and O–H groups in total. The first-order valence-electron chi connectivity index (χ1n) is 13.2. The van der Waals surface area contributed by atoms with Crippen LogP contribution in [-0.4, -0.2) is 37.7 Å². The van der Waals surface area contributed by atoms with Gasteiger partial charge in [-0.1, -0.05) is 32.1 Å². The van der Waals surface area contributed by atoms with Gasteiger partial charge in [0, 0.05) is 35.1 Å². The number of rotatable bonds is 7. The molecule has 1 unspecified atom stereocenters. The SMILES string of the molecule is Cc1nc(F)ccc1C(Nc1cc(C)c2ncc(C#N)c(NCC(C)(C)C)c2c1)c1cn(C2(C(F)(F)F)CC2)nn1. The molecule has 4 aromatic rings. The first-order chi connectivity index (χ1) is 19.2. The molecule has 214 valence electrons. The van der Waals surface area contributed by atoms with Crippen LogP contribution in [0.25, 0.3) is 10.9 Å². The number of hydrogen-bond donors (Lipinski definition) is 2. The van der Waals surface area contributed by atoms with Crippen molar-refractivity contribution in [3.63, 3.8) is 0 Å². The average Bonchev–Trinajstić information content (AvgIpc) is 3.57. The van der Waals surface area contributed by atoms with Crippen molar-refractivity contribution >= 4 is 22.3 Å². The number of benzene rings is 1. The summed E-state index contributed by atoms with van der Waals surface area (Å²) < 4.78 is 56.2. The second-order valence-electron chi connectivity index (χ2n) is 11.8. The van der Waals surface area contributed by atoms with Gasteiger partial charge in [0.2, 0.25) is 5.95 Å². The molecule has 8 nitrogen and oxygen atoms in total. The Labute approximate surface area is 234 Å². The predicted octanol–water partition coefficient (Wildman–Crippen LogP) is 6.56. The topological polar surface area (TPSA) is 104 Å². The highest BCUT2D eigenvalue weighted by Crippen LogP contribution is 2.55. The lowest BCUT2D eigenvalue weighted by Gasteiger charge is -2.23. The lowest BCUT2D eigenvalue weighted by atomic mass is 9.96. The van der Waals surface area contributed by atoms with Crippen molar-refractivity contribution in [3.8, 4) is 6.07 Å². The van der Waals surface area contributed by atoms with Crippen LogP contribution in [0.4, 0.5) is 28.9 Å². The number of aryl methyl sites for hydroxylation is 2. The molecule has 0 amide bonds. The number of nitriles is 1. The lowest BCUT2D eigenvalue weighted by Crippen LogP contribution is -2.35. The summed E-state index contributed by atoms with van der Waals surface area (Å²) in [4.78, 5) is 8.43. The molecule has 3 aromatic heterocycles. The van der Waals surface area contributed by atoms with Gasteiger partial charge in [-0.2, -0.15) is 22.8 Å². The van der Waals surface area contributed by atoms with Crippen molar-refractivity contribution in [1.29, 1.82) is 5.26 Å². The number of nitrogens with one attached hydrogen (secondary N) is 2. The molecule has 0 saturated heterocycles. The molecule has 1 atom stereocenters. The number of halogens is 4. The van der Waals surface area contributed by atoms with Crippen LogP contribution in [0.15, 0.2) is 36.7 Å². The Kier molecular flexibility index (Phi) is 6.88. The lowest BCUT2D eigenvalue weighted by molar-refractivity contribution is -0.182. The number of fused-ring (bicyclic) bond motifs is 1. The first-order valence-corrected chi connectivity index (χ1v) is 13.2. The van der Waals surface area contributed by atoms with Gasteiger partial charge in [-0.15, -0.1) is 5.10 Å². The van der Waals surface area contributed by atoms with Gasteiger partial charge in [0.15, 0.2) is 5.54 Å². The van der Waals surface area contributed by atoms with Crippen LogP contribution in [0.1, 0.15) is 67.7 Å². The quantitative estimate of drug-likeness (QED) is 0.193. The third-order valence-electron chi connectivity index (χ3n) is 7.29. The maximum Gasteiger partial charge on any atom is 0.413 e. The molecule has 1 saturated carbocycles. The van der Waals surface area contributed by atoms with E-state index in [1.165, 1.54) is 24.5 Å². The van der Waals surface area contributed by atoms with Crippen LogP contribution >= 0.6 is 0 Å². The molecule has 12 heteroatoms. The molecule has 0 spiro atoms. The summed E-state index contributed by atoms with van der Waals surface area (Å²) in [5.41, 5.74) is 2.14. The Balaban J connectivity index is 1.61. The van der Waals surface area contributed by atoms with Crippen molar-refractivity contribution in [1.82, 2.24) is 25.0 Å². The van der Waals surface area contributed by atoms with Gasteiger partial charge in [-0.25, -0.2) is 9.67 Å². The number of hydrogen-bond acceptors (Lipinski definition) is 7. The maximum atomic E-state index is 13.9. The van der Waals surface area contributed by atoms with E-state index in [-0.39, 0.29) is 24.0 Å². The molecule has 0 radical (unpaired) electrons. The Hall–Kier alpha value is -4.27. The minimum atomic E-state index is -4.47. The average molecular weight is 567 g/mol. The van der Waals surface area contributed by atoms with Crippen molar-refractivity contribution in [3.05, 3.63) is 70.7 Å². The van der Waals surface area contributed by atoms with Crippen LogP contribution < -0.4 is 10.6 Å². The molecule has 0 bridgehead atoms. The summed E-state index contributed by atoms with van der Waals surface area (Å²) in [5.74, 6) is -0.672. The van der Waals surface area contributed by atoms with E-state index >= 15 is 0 Å². The largest absolute Gasteiger partial charge is 0.413 e. The molecule has 1 fully saturated rings. The zero-order valence-electron chi connectivity index (χ0n) is 23.4. The number of alkyl halides is 3. The van der Waals surface area contributed by atoms with Crippen LogP contribution in [-0.2, 0) is 5.54 Å². The summed E-state index contributed by atoms with van der Waals surface area (Å²) in [6.07, 6.45) is -1.78. The number of nitrogens with zero attached hydrogens (tertiary/aromatic N) is 6. The van der Waals surface area contributed by atoms with E-state index in [0.29, 0.717) is 45.6 Å². The minimum absolute atomic E-state index is 0.0629. The van der Waals surface area contributed by atoms with E-state index in [9.17, 15) is 22.8 Å². The van der Waals surface area contributed by atoms with Crippen LogP contribution in [0.5, 0.6) is 0 Å². The molecule has 1 aliphatic rings. The molecule has 3 heterocycles. The zero-order chi connectivity index (χ0) is 29.7. The monoisotopic (exact) mass is 566 g/mol. The number of pyridine rings is 2. The second-order valence-corrected chi connectivity index (χ2v) is 11.8. The van der Waals surface area contributed by atoms with Gasteiger partial charge in [0.05, 0.1) is 29.0 Å². The van der Waals surface area contributed by atoms with Gasteiger partial charge in [-0.3, -0.25) is 4.98 Å². The van der Waals surface area contributed by atoms with E-state index in [1.807, 2.05) is 19.1 Å². The smallest absolute Gasteiger partial charge is 0.383 e. The Morgan fingerprint density at radius 1 is 1.15 bits per heavy atom. The summed E-state index contributed by atoms with van der Waals surface area (Å²) in [6.45, 7) is 10.3.